The molecule has 1 heterocycles. The molecule has 1 aliphatic heterocycles. The average molecular weight is 290 g/mol. The maximum Gasteiger partial charge on any atom is 0.0262 e. The highest BCUT2D eigenvalue weighted by Crippen LogP contribution is 2.31. The van der Waals surface area contributed by atoms with Crippen LogP contribution in [0, 0.1) is 5.92 Å². The zero-order valence-corrected chi connectivity index (χ0v) is 12.5. The van der Waals surface area contributed by atoms with Gasteiger partial charge in [0.15, 0.2) is 0 Å². The molecule has 1 N–H and O–H groups in total. The Morgan fingerprint density at radius 3 is 2.95 bits per heavy atom. The molecule has 1 fully saturated rings. The summed E-state index contributed by atoms with van der Waals surface area (Å²) in [6.07, 6.45) is 12.4. The van der Waals surface area contributed by atoms with Gasteiger partial charge in [-0.1, -0.05) is 60.7 Å². The van der Waals surface area contributed by atoms with Crippen LogP contribution in [0.1, 0.15) is 24.8 Å². The fraction of sp³-hybridized carbons (Fsp3) is 0.300. The molecule has 2 heteroatoms. The third kappa shape index (κ3) is 2.44. The van der Waals surface area contributed by atoms with Gasteiger partial charge in [0.05, 0.1) is 0 Å². The van der Waals surface area contributed by atoms with Crippen molar-refractivity contribution in [2.75, 3.05) is 0 Å². The number of benzene rings is 2. The Morgan fingerprint density at radius 1 is 1.14 bits per heavy atom. The van der Waals surface area contributed by atoms with Crippen LogP contribution in [0.2, 0.25) is 0 Å². The largest absolute Gasteiger partial charge is 0.872 e. The van der Waals surface area contributed by atoms with Crippen LogP contribution >= 0.6 is 0 Å². The van der Waals surface area contributed by atoms with Gasteiger partial charge in [-0.2, -0.15) is 0 Å². The predicted octanol–water partition coefficient (Wildman–Crippen LogP) is 3.62. The summed E-state index contributed by atoms with van der Waals surface area (Å²) in [4.78, 5) is 0. The Kier molecular flexibility index (Phi) is 3.47. The molecule has 3 unspecified atom stereocenters. The molecule has 112 valence electrons. The highest BCUT2D eigenvalue weighted by atomic mass is 16.3. The second-order valence-electron chi connectivity index (χ2n) is 6.34. The van der Waals surface area contributed by atoms with Crippen LogP contribution in [-0.4, -0.2) is 12.1 Å². The molecular weight excluding hydrogens is 270 g/mol. The van der Waals surface area contributed by atoms with E-state index in [0.29, 0.717) is 18.0 Å². The topological polar surface area (TPSA) is 35.1 Å². The van der Waals surface area contributed by atoms with E-state index >= 15 is 0 Å². The van der Waals surface area contributed by atoms with Crippen LogP contribution in [0.5, 0.6) is 5.75 Å². The second kappa shape index (κ2) is 5.62. The smallest absolute Gasteiger partial charge is 0.0262 e. The van der Waals surface area contributed by atoms with E-state index in [0.717, 1.165) is 22.8 Å². The minimum atomic E-state index is 0.102. The number of nitrogens with one attached hydrogen (secondary N) is 1. The molecule has 3 atom stereocenters. The van der Waals surface area contributed by atoms with Gasteiger partial charge < -0.3 is 10.4 Å². The summed E-state index contributed by atoms with van der Waals surface area (Å²) in [5.74, 6) is 0.757. The van der Waals surface area contributed by atoms with Crippen LogP contribution in [0.15, 0.2) is 54.6 Å². The first-order chi connectivity index (χ1) is 10.8. The van der Waals surface area contributed by atoms with Gasteiger partial charge in [-0.15, -0.1) is 5.75 Å². The van der Waals surface area contributed by atoms with E-state index in [4.69, 9.17) is 0 Å². The Bertz CT molecular complexity index is 746. The van der Waals surface area contributed by atoms with Crippen LogP contribution in [0.4, 0.5) is 0 Å². The molecular formula is C20H20NO-. The Labute approximate surface area is 131 Å². The molecule has 4 rings (SSSR count). The summed E-state index contributed by atoms with van der Waals surface area (Å²) in [5, 5.41) is 18.1. The number of hydrogen-bond donors (Lipinski definition) is 1. The van der Waals surface area contributed by atoms with Crippen molar-refractivity contribution < 1.29 is 5.11 Å². The maximum atomic E-state index is 12.2. The van der Waals surface area contributed by atoms with E-state index in [1.807, 2.05) is 30.3 Å². The Morgan fingerprint density at radius 2 is 2.05 bits per heavy atom. The van der Waals surface area contributed by atoms with Crippen molar-refractivity contribution in [1.29, 1.82) is 0 Å². The lowest BCUT2D eigenvalue weighted by atomic mass is 9.91. The summed E-state index contributed by atoms with van der Waals surface area (Å²) in [5.41, 5.74) is 0.810. The van der Waals surface area contributed by atoms with E-state index < -0.39 is 0 Å². The zero-order chi connectivity index (χ0) is 14.9. The van der Waals surface area contributed by atoms with Gasteiger partial charge in [-0.3, -0.25) is 0 Å². The molecule has 0 bridgehead atoms. The first-order valence-corrected chi connectivity index (χ1v) is 8.11. The van der Waals surface area contributed by atoms with Crippen molar-refractivity contribution in [2.45, 2.75) is 31.3 Å². The van der Waals surface area contributed by atoms with Gasteiger partial charge in [-0.25, -0.2) is 0 Å². The third-order valence-electron chi connectivity index (χ3n) is 4.92. The van der Waals surface area contributed by atoms with Crippen molar-refractivity contribution >= 4 is 16.8 Å². The van der Waals surface area contributed by atoms with E-state index in [1.165, 1.54) is 12.8 Å². The monoisotopic (exact) mass is 290 g/mol. The van der Waals surface area contributed by atoms with Crippen LogP contribution < -0.4 is 10.4 Å². The maximum absolute atomic E-state index is 12.2. The molecule has 0 saturated carbocycles. The molecule has 1 aliphatic carbocycles. The van der Waals surface area contributed by atoms with E-state index in [1.54, 1.807) is 6.07 Å². The fourth-order valence-electron chi connectivity index (χ4n) is 3.78. The highest BCUT2D eigenvalue weighted by molar-refractivity contribution is 5.92. The van der Waals surface area contributed by atoms with Gasteiger partial charge in [0, 0.05) is 12.1 Å². The fourth-order valence-corrected chi connectivity index (χ4v) is 3.78. The van der Waals surface area contributed by atoms with Crippen LogP contribution in [0.25, 0.3) is 16.8 Å². The molecule has 0 radical (unpaired) electrons. The van der Waals surface area contributed by atoms with E-state index in [9.17, 15) is 5.11 Å². The van der Waals surface area contributed by atoms with Gasteiger partial charge in [-0.05, 0) is 41.5 Å². The van der Waals surface area contributed by atoms with Crippen molar-refractivity contribution in [3.63, 3.8) is 0 Å². The summed E-state index contributed by atoms with van der Waals surface area (Å²) >= 11 is 0. The predicted molar refractivity (Wildman–Crippen MR) is 89.6 cm³/mol. The number of rotatable bonds is 2. The minimum Gasteiger partial charge on any atom is -0.872 e. The van der Waals surface area contributed by atoms with E-state index in [2.05, 4.69) is 29.6 Å². The molecule has 0 amide bonds. The van der Waals surface area contributed by atoms with Crippen LogP contribution in [-0.2, 0) is 0 Å². The minimum absolute atomic E-state index is 0.102. The second-order valence-corrected chi connectivity index (χ2v) is 6.34. The highest BCUT2D eigenvalue weighted by Gasteiger charge is 2.31. The average Bonchev–Trinajstić information content (AvgIpc) is 2.97. The van der Waals surface area contributed by atoms with Crippen molar-refractivity contribution in [3.8, 4) is 5.75 Å². The lowest BCUT2D eigenvalue weighted by Crippen LogP contribution is -2.31. The SMILES string of the molecule is [O-]c1ccc2ccccc2c1/C=C/C1CC2C=CCCC2N1. The third-order valence-corrected chi connectivity index (χ3v) is 4.92. The van der Waals surface area contributed by atoms with Gasteiger partial charge >= 0.3 is 0 Å². The first-order valence-electron chi connectivity index (χ1n) is 8.11. The number of hydrogen-bond acceptors (Lipinski definition) is 2. The summed E-state index contributed by atoms with van der Waals surface area (Å²) in [6.45, 7) is 0. The van der Waals surface area contributed by atoms with E-state index in [-0.39, 0.29) is 5.75 Å². The molecule has 2 nitrogen and oxygen atoms in total. The summed E-state index contributed by atoms with van der Waals surface area (Å²) in [6, 6.07) is 12.6. The lowest BCUT2D eigenvalue weighted by molar-refractivity contribution is -0.268. The van der Waals surface area contributed by atoms with Crippen molar-refractivity contribution in [2.24, 2.45) is 5.92 Å². The zero-order valence-electron chi connectivity index (χ0n) is 12.5. The molecule has 2 aliphatic rings. The van der Waals surface area contributed by atoms with Gasteiger partial charge in [0.2, 0.25) is 0 Å². The number of fused-ring (bicyclic) bond motifs is 2. The number of allylic oxidation sites excluding steroid dienone is 1. The molecule has 0 spiro atoms. The normalized spacial score (nSPS) is 27.5. The summed E-state index contributed by atoms with van der Waals surface area (Å²) < 4.78 is 0. The van der Waals surface area contributed by atoms with Gasteiger partial charge in [0.1, 0.15) is 0 Å². The van der Waals surface area contributed by atoms with Crippen molar-refractivity contribution in [3.05, 3.63) is 60.2 Å². The molecule has 2 aromatic carbocycles. The van der Waals surface area contributed by atoms with Crippen molar-refractivity contribution in [1.82, 2.24) is 5.32 Å². The molecule has 22 heavy (non-hydrogen) atoms. The first kappa shape index (κ1) is 13.6. The summed E-state index contributed by atoms with van der Waals surface area (Å²) in [7, 11) is 0. The molecule has 1 saturated heterocycles. The molecule has 0 aromatic heterocycles. The Balaban J connectivity index is 1.61. The quantitative estimate of drug-likeness (QED) is 0.857. The lowest BCUT2D eigenvalue weighted by Gasteiger charge is -2.19. The van der Waals surface area contributed by atoms with Gasteiger partial charge in [0.25, 0.3) is 0 Å². The standard InChI is InChI=1S/C20H21NO/c22-20-12-9-14-5-1-3-7-17(14)18(20)11-10-16-13-15-6-2-4-8-19(15)21-16/h1-3,5-7,9-12,15-16,19,21-22H,4,8,13H2/p-1/b11-10+. The molecule has 2 aromatic rings. The Hall–Kier alpha value is -2.06. The van der Waals surface area contributed by atoms with Crippen LogP contribution in [0.3, 0.4) is 0 Å².